The van der Waals surface area contributed by atoms with Crippen LogP contribution in [0.1, 0.15) is 72.6 Å². The lowest BCUT2D eigenvalue weighted by Crippen LogP contribution is -2.20. The van der Waals surface area contributed by atoms with Gasteiger partial charge in [-0.1, -0.05) is 45.6 Å². The van der Waals surface area contributed by atoms with Gasteiger partial charge < -0.3 is 15.2 Å². The summed E-state index contributed by atoms with van der Waals surface area (Å²) in [5.74, 6) is -0.559. The van der Waals surface area contributed by atoms with E-state index in [0.29, 0.717) is 0 Å². The van der Waals surface area contributed by atoms with Gasteiger partial charge in [0.25, 0.3) is 0 Å². The average Bonchev–Trinajstić information content (AvgIpc) is 2.50. The molecule has 7 nitrogen and oxygen atoms in total. The van der Waals surface area contributed by atoms with E-state index in [0.717, 1.165) is 12.8 Å². The third-order valence-corrected chi connectivity index (χ3v) is 3.14. The van der Waals surface area contributed by atoms with E-state index in [-0.39, 0.29) is 11.7 Å². The molecular formula is C18H32N2O5. The predicted octanol–water partition coefficient (Wildman–Crippen LogP) is 4.01. The molecule has 0 bridgehead atoms. The van der Waals surface area contributed by atoms with Crippen molar-refractivity contribution in [3.05, 3.63) is 12.2 Å². The van der Waals surface area contributed by atoms with E-state index in [1.54, 1.807) is 0 Å². The van der Waals surface area contributed by atoms with Crippen LogP contribution in [0.3, 0.4) is 0 Å². The van der Waals surface area contributed by atoms with Gasteiger partial charge in [0.15, 0.2) is 0 Å². The number of primary amides is 1. The van der Waals surface area contributed by atoms with Gasteiger partial charge >= 0.3 is 12.1 Å². The molecule has 7 heteroatoms. The first-order valence-electron chi connectivity index (χ1n) is 8.64. The first kappa shape index (κ1) is 25.1. The molecule has 2 N–H and O–H groups in total. The van der Waals surface area contributed by atoms with E-state index in [2.05, 4.69) is 23.2 Å². The molecule has 0 saturated carbocycles. The molecule has 0 rings (SSSR count). The molecule has 0 aromatic heterocycles. The van der Waals surface area contributed by atoms with Crippen molar-refractivity contribution < 1.29 is 23.9 Å². The Balaban J connectivity index is 0. The zero-order chi connectivity index (χ0) is 19.7. The van der Waals surface area contributed by atoms with Crippen molar-refractivity contribution in [3.63, 3.8) is 0 Å². The lowest BCUT2D eigenvalue weighted by molar-refractivity contribution is -0.142. The molecule has 0 radical (unpaired) electrons. The summed E-state index contributed by atoms with van der Waals surface area (Å²) in [6.07, 6.45) is 8.30. The molecule has 0 heterocycles. The highest BCUT2D eigenvalue weighted by atomic mass is 16.6. The first-order chi connectivity index (χ1) is 11.7. The number of nitrogens with two attached hydrogens (primary N) is 1. The number of nitrogens with zero attached hydrogens (tertiary/aromatic N) is 1. The number of rotatable bonds is 11. The number of carbonyl (C=O) groups is 2. The Labute approximate surface area is 150 Å². The monoisotopic (exact) mass is 356 g/mol. The van der Waals surface area contributed by atoms with Crippen LogP contribution < -0.4 is 5.73 Å². The predicted molar refractivity (Wildman–Crippen MR) is 96.6 cm³/mol. The smallest absolute Gasteiger partial charge is 0.404 e. The van der Waals surface area contributed by atoms with Gasteiger partial charge in [-0.2, -0.15) is 4.99 Å². The van der Waals surface area contributed by atoms with E-state index < -0.39 is 18.3 Å². The van der Waals surface area contributed by atoms with E-state index in [1.807, 2.05) is 6.92 Å². The fourth-order valence-corrected chi connectivity index (χ4v) is 1.83. The number of esters is 1. The lowest BCUT2D eigenvalue weighted by Gasteiger charge is -2.10. The Kier molecular flexibility index (Phi) is 16.8. The molecule has 0 aromatic rings. The number of unbranched alkanes of at least 4 members (excludes halogenated alkanes) is 5. The second-order valence-corrected chi connectivity index (χ2v) is 5.81. The van der Waals surface area contributed by atoms with Crippen molar-refractivity contribution in [2.24, 2.45) is 10.7 Å². The Bertz CT molecular complexity index is 445. The van der Waals surface area contributed by atoms with Crippen LogP contribution in [0.4, 0.5) is 4.79 Å². The summed E-state index contributed by atoms with van der Waals surface area (Å²) in [6.45, 7) is 10.4. The summed E-state index contributed by atoms with van der Waals surface area (Å²) in [4.78, 5) is 33.9. The average molecular weight is 356 g/mol. The van der Waals surface area contributed by atoms with Crippen LogP contribution >= 0.6 is 0 Å². The molecule has 0 aliphatic carbocycles. The maximum Gasteiger partial charge on any atom is 0.404 e. The van der Waals surface area contributed by atoms with Crippen molar-refractivity contribution in [2.45, 2.75) is 85.0 Å². The van der Waals surface area contributed by atoms with Gasteiger partial charge in [-0.05, 0) is 33.6 Å². The summed E-state index contributed by atoms with van der Waals surface area (Å²) >= 11 is 0. The second-order valence-electron chi connectivity index (χ2n) is 5.81. The highest BCUT2D eigenvalue weighted by Gasteiger charge is 2.07. The van der Waals surface area contributed by atoms with E-state index >= 15 is 0 Å². The molecule has 2 atom stereocenters. The highest BCUT2D eigenvalue weighted by Crippen LogP contribution is 2.09. The summed E-state index contributed by atoms with van der Waals surface area (Å²) in [7, 11) is 0. The topological polar surface area (TPSA) is 108 Å². The molecule has 1 amide bonds. The molecule has 0 saturated heterocycles. The molecule has 0 spiro atoms. The van der Waals surface area contributed by atoms with Gasteiger partial charge in [0.05, 0.1) is 0 Å². The van der Waals surface area contributed by atoms with Crippen LogP contribution in [-0.2, 0) is 19.1 Å². The van der Waals surface area contributed by atoms with Crippen molar-refractivity contribution in [1.29, 1.82) is 0 Å². The van der Waals surface area contributed by atoms with Gasteiger partial charge in [-0.15, -0.1) is 0 Å². The number of hydrogen-bond donors (Lipinski definition) is 1. The quantitative estimate of drug-likeness (QED) is 0.198. The fourth-order valence-electron chi connectivity index (χ4n) is 1.83. The molecule has 2 unspecified atom stereocenters. The molecule has 0 aliphatic heterocycles. The normalized spacial score (nSPS) is 11.8. The number of isocyanates is 1. The maximum absolute atomic E-state index is 10.7. The van der Waals surface area contributed by atoms with Gasteiger partial charge in [0.2, 0.25) is 12.3 Å². The number of amides is 1. The highest BCUT2D eigenvalue weighted by molar-refractivity contribution is 5.87. The van der Waals surface area contributed by atoms with Crippen molar-refractivity contribution in [3.8, 4) is 0 Å². The summed E-state index contributed by atoms with van der Waals surface area (Å²) in [5, 5.41) is 0. The van der Waals surface area contributed by atoms with Crippen molar-refractivity contribution in [1.82, 2.24) is 0 Å². The Morgan fingerprint density at radius 1 is 1.12 bits per heavy atom. The van der Waals surface area contributed by atoms with E-state index in [1.165, 1.54) is 52.0 Å². The fraction of sp³-hybridized carbons (Fsp3) is 0.722. The first-order valence-corrected chi connectivity index (χ1v) is 8.64. The maximum atomic E-state index is 10.7. The summed E-state index contributed by atoms with van der Waals surface area (Å²) in [6, 6.07) is 0. The Morgan fingerprint density at radius 2 is 1.68 bits per heavy atom. The molecule has 0 aromatic carbocycles. The third-order valence-electron chi connectivity index (χ3n) is 3.14. The number of aliphatic imine (C=N–C) groups is 1. The van der Waals surface area contributed by atoms with Crippen molar-refractivity contribution >= 4 is 18.1 Å². The lowest BCUT2D eigenvalue weighted by atomic mass is 10.1. The van der Waals surface area contributed by atoms with Gasteiger partial charge in [-0.25, -0.2) is 14.4 Å². The van der Waals surface area contributed by atoms with Gasteiger partial charge in [-0.3, -0.25) is 0 Å². The number of ether oxygens (including phenoxy) is 2. The number of hydrogen-bond acceptors (Lipinski definition) is 6. The third kappa shape index (κ3) is 19.8. The Hall–Kier alpha value is -2.14. The van der Waals surface area contributed by atoms with E-state index in [9.17, 15) is 14.4 Å². The van der Waals surface area contributed by atoms with Crippen LogP contribution in [0, 0.1) is 0 Å². The van der Waals surface area contributed by atoms with Crippen LogP contribution in [0.25, 0.3) is 0 Å². The van der Waals surface area contributed by atoms with Gasteiger partial charge in [0.1, 0.15) is 6.10 Å². The SMILES string of the molecule is C=C(C)C(=O)OC(C)N=C=O.CCCCCCCCC(C)OC(N)=O. The molecule has 0 fully saturated rings. The minimum atomic E-state index is -0.781. The molecule has 0 aliphatic rings. The standard InChI is InChI=1S/C11H23NO2.C7H9NO3/c1-3-4-5-6-7-8-9-10(2)14-11(12)13;1-5(2)7(10)11-6(3)8-4-9/h10H,3-9H2,1-2H3,(H2,12,13);6H,1H2,2-3H3. The number of carbonyl (C=O) groups excluding carboxylic acids is 3. The largest absolute Gasteiger partial charge is 0.447 e. The second kappa shape index (κ2) is 16.7. The van der Waals surface area contributed by atoms with Crippen LogP contribution in [0.2, 0.25) is 0 Å². The molecule has 144 valence electrons. The van der Waals surface area contributed by atoms with E-state index in [4.69, 9.17) is 10.5 Å². The van der Waals surface area contributed by atoms with Crippen molar-refractivity contribution in [2.75, 3.05) is 0 Å². The molecule has 25 heavy (non-hydrogen) atoms. The van der Waals surface area contributed by atoms with Crippen LogP contribution in [0.15, 0.2) is 17.1 Å². The minimum Gasteiger partial charge on any atom is -0.447 e. The van der Waals surface area contributed by atoms with Crippen LogP contribution in [-0.4, -0.2) is 30.5 Å². The zero-order valence-electron chi connectivity index (χ0n) is 15.9. The van der Waals surface area contributed by atoms with Gasteiger partial charge in [0, 0.05) is 5.57 Å². The minimum absolute atomic E-state index is 0.0290. The Morgan fingerprint density at radius 3 is 2.16 bits per heavy atom. The zero-order valence-corrected chi connectivity index (χ0v) is 15.9. The van der Waals surface area contributed by atoms with Crippen LogP contribution in [0.5, 0.6) is 0 Å². The summed E-state index contributed by atoms with van der Waals surface area (Å²) in [5.41, 5.74) is 5.18. The molecular weight excluding hydrogens is 324 g/mol. The summed E-state index contributed by atoms with van der Waals surface area (Å²) < 4.78 is 9.40.